The van der Waals surface area contributed by atoms with Crippen molar-refractivity contribution in [2.45, 2.75) is 24.7 Å². The van der Waals surface area contributed by atoms with Crippen LogP contribution in [0.1, 0.15) is 16.8 Å². The van der Waals surface area contributed by atoms with Crippen molar-refractivity contribution in [1.29, 1.82) is 0 Å². The maximum atomic E-state index is 12.8. The van der Waals surface area contributed by atoms with Gasteiger partial charge in [0.15, 0.2) is 5.16 Å². The molecule has 0 unspecified atom stereocenters. The Hall–Kier alpha value is -3.50. The van der Waals surface area contributed by atoms with Gasteiger partial charge < -0.3 is 24.5 Å². The van der Waals surface area contributed by atoms with Gasteiger partial charge in [-0.1, -0.05) is 23.9 Å². The fourth-order valence-electron chi connectivity index (χ4n) is 3.92. The lowest BCUT2D eigenvalue weighted by molar-refractivity contribution is -0.113. The highest BCUT2D eigenvalue weighted by Crippen LogP contribution is 2.29. The molecule has 2 heterocycles. The Morgan fingerprint density at radius 1 is 1.11 bits per heavy atom. The van der Waals surface area contributed by atoms with Gasteiger partial charge in [0.2, 0.25) is 5.91 Å². The second-order valence-electron chi connectivity index (χ2n) is 8.01. The number of rotatable bonds is 9. The highest BCUT2D eigenvalue weighted by atomic mass is 32.2. The average molecular weight is 497 g/mol. The number of ether oxygens (including phenoxy) is 3. The maximum Gasteiger partial charge on any atom is 0.256 e. The molecule has 10 heteroatoms. The van der Waals surface area contributed by atoms with Gasteiger partial charge in [0.25, 0.3) is 5.56 Å². The van der Waals surface area contributed by atoms with E-state index in [1.165, 1.54) is 18.9 Å². The third-order valence-electron chi connectivity index (χ3n) is 5.69. The van der Waals surface area contributed by atoms with Crippen LogP contribution >= 0.6 is 11.8 Å². The fraction of sp³-hybridized carbons (Fsp3) is 0.320. The van der Waals surface area contributed by atoms with Crippen molar-refractivity contribution < 1.29 is 19.0 Å². The second-order valence-corrected chi connectivity index (χ2v) is 8.98. The molecule has 0 saturated heterocycles. The summed E-state index contributed by atoms with van der Waals surface area (Å²) in [7, 11) is 4.74. The first-order chi connectivity index (χ1) is 17.0. The summed E-state index contributed by atoms with van der Waals surface area (Å²) in [6, 6.07) is 13.1. The van der Waals surface area contributed by atoms with Gasteiger partial charge in [0, 0.05) is 32.1 Å². The van der Waals surface area contributed by atoms with E-state index in [0.29, 0.717) is 40.9 Å². The number of benzene rings is 2. The van der Waals surface area contributed by atoms with Gasteiger partial charge in [0.1, 0.15) is 17.2 Å². The van der Waals surface area contributed by atoms with Gasteiger partial charge in [-0.2, -0.15) is 0 Å². The number of nitrogens with one attached hydrogen (secondary N) is 2. The number of methoxy groups -OCH3 is 3. The van der Waals surface area contributed by atoms with Crippen molar-refractivity contribution in [1.82, 2.24) is 14.9 Å². The fourth-order valence-corrected chi connectivity index (χ4v) is 4.60. The van der Waals surface area contributed by atoms with Crippen LogP contribution in [0.4, 0.5) is 5.69 Å². The van der Waals surface area contributed by atoms with Crippen LogP contribution in [0.25, 0.3) is 0 Å². The molecule has 0 bridgehead atoms. The zero-order chi connectivity index (χ0) is 24.8. The molecule has 1 aliphatic rings. The van der Waals surface area contributed by atoms with Gasteiger partial charge in [-0.25, -0.2) is 4.98 Å². The van der Waals surface area contributed by atoms with E-state index in [4.69, 9.17) is 14.2 Å². The number of anilines is 1. The predicted molar refractivity (Wildman–Crippen MR) is 135 cm³/mol. The molecule has 2 N–H and O–H groups in total. The van der Waals surface area contributed by atoms with Crippen LogP contribution in [-0.2, 0) is 24.3 Å². The minimum Gasteiger partial charge on any atom is -0.497 e. The number of amides is 1. The van der Waals surface area contributed by atoms with Crippen LogP contribution in [0.5, 0.6) is 17.2 Å². The number of thioether (sulfide) groups is 1. The summed E-state index contributed by atoms with van der Waals surface area (Å²) in [6.07, 6.45) is 0.671. The molecule has 1 aromatic heterocycles. The third-order valence-corrected chi connectivity index (χ3v) is 6.56. The minimum atomic E-state index is -0.244. The van der Waals surface area contributed by atoms with Gasteiger partial charge in [-0.3, -0.25) is 14.5 Å². The van der Waals surface area contributed by atoms with Crippen molar-refractivity contribution in [3.05, 3.63) is 69.6 Å². The summed E-state index contributed by atoms with van der Waals surface area (Å²) < 4.78 is 15.8. The summed E-state index contributed by atoms with van der Waals surface area (Å²) in [4.78, 5) is 35.0. The van der Waals surface area contributed by atoms with E-state index in [0.717, 1.165) is 30.1 Å². The largest absolute Gasteiger partial charge is 0.497 e. The quantitative estimate of drug-likeness (QED) is 0.344. The number of aromatic nitrogens is 2. The molecule has 0 spiro atoms. The van der Waals surface area contributed by atoms with E-state index in [1.807, 2.05) is 24.3 Å². The highest BCUT2D eigenvalue weighted by molar-refractivity contribution is 7.99. The summed E-state index contributed by atoms with van der Waals surface area (Å²) in [5, 5.41) is 3.25. The first kappa shape index (κ1) is 24.6. The first-order valence-electron chi connectivity index (χ1n) is 11.1. The van der Waals surface area contributed by atoms with Crippen LogP contribution < -0.4 is 25.1 Å². The highest BCUT2D eigenvalue weighted by Gasteiger charge is 2.22. The molecular formula is C25H28N4O5S. The Morgan fingerprint density at radius 2 is 1.91 bits per heavy atom. The Balaban J connectivity index is 1.38. The van der Waals surface area contributed by atoms with Crippen molar-refractivity contribution in [2.75, 3.05) is 38.9 Å². The van der Waals surface area contributed by atoms with E-state index >= 15 is 0 Å². The van der Waals surface area contributed by atoms with E-state index < -0.39 is 0 Å². The lowest BCUT2D eigenvalue weighted by Gasteiger charge is -2.27. The van der Waals surface area contributed by atoms with Gasteiger partial charge in [-0.15, -0.1) is 0 Å². The standard InChI is InChI=1S/C25H28N4O5S/c1-32-17-6-4-5-16(11-17)13-29-10-9-20-19(14-29)24(31)28-25(27-20)35-15-23(30)26-21-12-18(33-2)7-8-22(21)34-3/h4-8,11-12H,9-10,13-15H2,1-3H3,(H,26,30)(H,27,28,31). The number of carbonyl (C=O) groups is 1. The number of H-pyrrole nitrogens is 1. The van der Waals surface area contributed by atoms with Crippen LogP contribution in [0.15, 0.2) is 52.4 Å². The van der Waals surface area contributed by atoms with E-state index in [2.05, 4.69) is 20.2 Å². The molecule has 3 aromatic rings. The Labute approximate surface area is 207 Å². The van der Waals surface area contributed by atoms with Gasteiger partial charge in [0.05, 0.1) is 44.0 Å². The summed E-state index contributed by atoms with van der Waals surface area (Å²) in [6.45, 7) is 2.04. The normalized spacial score (nSPS) is 13.1. The smallest absolute Gasteiger partial charge is 0.256 e. The molecule has 1 amide bonds. The maximum absolute atomic E-state index is 12.8. The van der Waals surface area contributed by atoms with Crippen LogP contribution in [0.2, 0.25) is 0 Å². The topological polar surface area (TPSA) is 106 Å². The average Bonchev–Trinajstić information content (AvgIpc) is 2.88. The number of fused-ring (bicyclic) bond motifs is 1. The molecule has 4 rings (SSSR count). The molecule has 0 atom stereocenters. The molecule has 0 saturated carbocycles. The zero-order valence-electron chi connectivity index (χ0n) is 19.9. The van der Waals surface area contributed by atoms with Crippen molar-refractivity contribution in [3.63, 3.8) is 0 Å². The van der Waals surface area contributed by atoms with Gasteiger partial charge in [-0.05, 0) is 29.8 Å². The van der Waals surface area contributed by atoms with Crippen LogP contribution in [0.3, 0.4) is 0 Å². The predicted octanol–water partition coefficient (Wildman–Crippen LogP) is 3.08. The molecule has 9 nitrogen and oxygen atoms in total. The SMILES string of the molecule is COc1cccc(CN2CCc3nc(SCC(=O)Nc4cc(OC)ccc4OC)[nH]c(=O)c3C2)c1. The number of hydrogen-bond donors (Lipinski definition) is 2. The molecule has 1 aliphatic heterocycles. The van der Waals surface area contributed by atoms with Crippen molar-refractivity contribution >= 4 is 23.4 Å². The van der Waals surface area contributed by atoms with Crippen molar-refractivity contribution in [2.24, 2.45) is 0 Å². The number of hydrogen-bond acceptors (Lipinski definition) is 8. The minimum absolute atomic E-state index is 0.0874. The zero-order valence-corrected chi connectivity index (χ0v) is 20.7. The van der Waals surface area contributed by atoms with E-state index in [1.54, 1.807) is 32.4 Å². The Morgan fingerprint density at radius 3 is 2.69 bits per heavy atom. The number of carbonyl (C=O) groups excluding carboxylic acids is 1. The van der Waals surface area contributed by atoms with E-state index in [9.17, 15) is 9.59 Å². The van der Waals surface area contributed by atoms with Gasteiger partial charge >= 0.3 is 0 Å². The van der Waals surface area contributed by atoms with E-state index in [-0.39, 0.29) is 17.2 Å². The Kier molecular flexibility index (Phi) is 7.94. The second kappa shape index (κ2) is 11.3. The molecule has 184 valence electrons. The monoisotopic (exact) mass is 496 g/mol. The Bertz CT molecular complexity index is 1260. The van der Waals surface area contributed by atoms with Crippen LogP contribution in [0, 0.1) is 0 Å². The number of nitrogens with zero attached hydrogens (tertiary/aromatic N) is 2. The molecule has 0 aliphatic carbocycles. The number of aromatic amines is 1. The van der Waals surface area contributed by atoms with Crippen LogP contribution in [-0.4, -0.2) is 54.4 Å². The lowest BCUT2D eigenvalue weighted by atomic mass is 10.1. The summed E-state index contributed by atoms with van der Waals surface area (Å²) in [5.41, 5.74) is 2.94. The molecule has 0 fully saturated rings. The molecular weight excluding hydrogens is 468 g/mol. The lowest BCUT2D eigenvalue weighted by Crippen LogP contribution is -2.35. The molecule has 35 heavy (non-hydrogen) atoms. The first-order valence-corrected chi connectivity index (χ1v) is 12.1. The summed E-state index contributed by atoms with van der Waals surface area (Å²) >= 11 is 1.19. The summed E-state index contributed by atoms with van der Waals surface area (Å²) in [5.74, 6) is 1.79. The molecule has 0 radical (unpaired) electrons. The molecule has 2 aromatic carbocycles. The van der Waals surface area contributed by atoms with Crippen molar-refractivity contribution in [3.8, 4) is 17.2 Å². The third kappa shape index (κ3) is 6.14.